The van der Waals surface area contributed by atoms with Crippen molar-refractivity contribution in [3.05, 3.63) is 29.3 Å². The molecule has 0 aliphatic rings. The molecule has 0 N–H and O–H groups in total. The summed E-state index contributed by atoms with van der Waals surface area (Å²) in [7, 11) is 0. The van der Waals surface area contributed by atoms with E-state index >= 15 is 0 Å². The molecule has 1 aromatic carbocycles. The van der Waals surface area contributed by atoms with Gasteiger partial charge in [0.1, 0.15) is 4.74 Å². The van der Waals surface area contributed by atoms with Crippen LogP contribution in [0.5, 0.6) is 0 Å². The van der Waals surface area contributed by atoms with E-state index in [1.54, 1.807) is 0 Å². The van der Waals surface area contributed by atoms with Crippen molar-refractivity contribution in [3.8, 4) is 0 Å². The van der Waals surface area contributed by atoms with Gasteiger partial charge in [0, 0.05) is 5.30 Å². The normalized spacial score (nSPS) is 11.7. The van der Waals surface area contributed by atoms with Crippen LogP contribution >= 0.6 is 27.2 Å². The highest BCUT2D eigenvalue weighted by Gasteiger charge is 2.14. The predicted octanol–water partition coefficient (Wildman–Crippen LogP) is 3.72. The molecular weight excluding hydrogens is 230 g/mol. The minimum absolute atomic E-state index is 0.917. The summed E-state index contributed by atoms with van der Waals surface area (Å²) < 4.78 is -2.30. The molecule has 0 heterocycles. The van der Waals surface area contributed by atoms with Gasteiger partial charge >= 0.3 is 0 Å². The van der Waals surface area contributed by atoms with Crippen molar-refractivity contribution < 1.29 is 0 Å². The number of hydrogen-bond donors (Lipinski definition) is 0. The Bertz CT molecular complexity index is 343. The van der Waals surface area contributed by atoms with E-state index in [1.165, 1.54) is 0 Å². The maximum Gasteiger partial charge on any atom is 0.147 e. The van der Waals surface area contributed by atoms with Crippen LogP contribution in [0.4, 0.5) is 0 Å². The van der Waals surface area contributed by atoms with Gasteiger partial charge in [-0.25, -0.2) is 0 Å². The lowest BCUT2D eigenvalue weighted by atomic mass is 10.2. The summed E-state index contributed by atoms with van der Waals surface area (Å²) in [6.07, 6.45) is 0. The number of benzene rings is 1. The SMILES string of the molecule is Cc1ccc(C)c(P(=S)(Cl)Cl)c1. The van der Waals surface area contributed by atoms with Crippen LogP contribution in [0.3, 0.4) is 0 Å². The zero-order chi connectivity index (χ0) is 9.35. The monoisotopic (exact) mass is 238 g/mol. The van der Waals surface area contributed by atoms with E-state index in [0.717, 1.165) is 16.4 Å². The summed E-state index contributed by atoms with van der Waals surface area (Å²) in [6.45, 7) is 3.97. The molecule has 0 saturated carbocycles. The lowest BCUT2D eigenvalue weighted by Crippen LogP contribution is -2.02. The van der Waals surface area contributed by atoms with Gasteiger partial charge in [-0.1, -0.05) is 52.0 Å². The molecule has 1 rings (SSSR count). The number of halogens is 2. The molecule has 0 radical (unpaired) electrons. The lowest BCUT2D eigenvalue weighted by molar-refractivity contribution is 1.43. The molecule has 0 aromatic heterocycles. The molecule has 0 nitrogen and oxygen atoms in total. The summed E-state index contributed by atoms with van der Waals surface area (Å²) in [5.41, 5.74) is 2.22. The molecule has 12 heavy (non-hydrogen) atoms. The van der Waals surface area contributed by atoms with Crippen LogP contribution in [0.25, 0.3) is 0 Å². The van der Waals surface area contributed by atoms with Crippen LogP contribution in [-0.2, 0) is 11.8 Å². The topological polar surface area (TPSA) is 0 Å². The fourth-order valence-electron chi connectivity index (χ4n) is 1.000. The Balaban J connectivity index is 3.33. The highest BCUT2D eigenvalue weighted by molar-refractivity contribution is 8.42. The molecule has 0 unspecified atom stereocenters. The number of rotatable bonds is 1. The minimum Gasteiger partial charge on any atom is -0.0633 e. The molecule has 0 bridgehead atoms. The maximum absolute atomic E-state index is 5.93. The molecule has 0 aliphatic heterocycles. The first kappa shape index (κ1) is 10.5. The summed E-state index contributed by atoms with van der Waals surface area (Å²) in [5.74, 6) is 0. The average molecular weight is 239 g/mol. The summed E-state index contributed by atoms with van der Waals surface area (Å²) in [4.78, 5) is 0. The Morgan fingerprint density at radius 3 is 2.25 bits per heavy atom. The molecule has 0 fully saturated rings. The third kappa shape index (κ3) is 2.47. The van der Waals surface area contributed by atoms with Crippen molar-refractivity contribution in [3.63, 3.8) is 0 Å². The molecule has 0 amide bonds. The quantitative estimate of drug-likeness (QED) is 0.673. The van der Waals surface area contributed by atoms with Crippen LogP contribution in [0, 0.1) is 13.8 Å². The lowest BCUT2D eigenvalue weighted by Gasteiger charge is -2.09. The van der Waals surface area contributed by atoms with Gasteiger partial charge < -0.3 is 0 Å². The molecule has 4 heteroatoms. The van der Waals surface area contributed by atoms with Crippen molar-refractivity contribution in [2.45, 2.75) is 13.8 Å². The molecule has 0 spiro atoms. The first-order valence-corrected chi connectivity index (χ1v) is 8.09. The second kappa shape index (κ2) is 3.67. The fraction of sp³-hybridized carbons (Fsp3) is 0.250. The van der Waals surface area contributed by atoms with Crippen molar-refractivity contribution in [2.75, 3.05) is 0 Å². The summed E-state index contributed by atoms with van der Waals surface area (Å²) in [5, 5.41) is 0.917. The molecule has 0 aliphatic carbocycles. The van der Waals surface area contributed by atoms with Crippen molar-refractivity contribution in [1.82, 2.24) is 0 Å². The van der Waals surface area contributed by atoms with Gasteiger partial charge in [-0.15, -0.1) is 0 Å². The van der Waals surface area contributed by atoms with Gasteiger partial charge in [-0.05, 0) is 25.5 Å². The van der Waals surface area contributed by atoms with E-state index in [-0.39, 0.29) is 0 Å². The predicted molar refractivity (Wildman–Crippen MR) is 61.5 cm³/mol. The Kier molecular flexibility index (Phi) is 3.22. The van der Waals surface area contributed by atoms with E-state index in [4.69, 9.17) is 34.3 Å². The smallest absolute Gasteiger partial charge is 0.0633 e. The van der Waals surface area contributed by atoms with Crippen LogP contribution in [0.2, 0.25) is 0 Å². The van der Waals surface area contributed by atoms with Crippen LogP contribution in [-0.4, -0.2) is 0 Å². The van der Waals surface area contributed by atoms with Crippen LogP contribution in [0.15, 0.2) is 18.2 Å². The largest absolute Gasteiger partial charge is 0.147 e. The Hall–Kier alpha value is 0.450. The van der Waals surface area contributed by atoms with Gasteiger partial charge in [0.05, 0.1) is 0 Å². The third-order valence-electron chi connectivity index (χ3n) is 1.65. The summed E-state index contributed by atoms with van der Waals surface area (Å²) in [6, 6.07) is 5.99. The first-order valence-electron chi connectivity index (χ1n) is 3.48. The standard InChI is InChI=1S/C8H9Cl2PS/c1-6-3-4-7(2)8(5-6)11(9,10)12/h3-5H,1-2H3. The minimum atomic E-state index is -2.30. The van der Waals surface area contributed by atoms with E-state index in [9.17, 15) is 0 Å². The van der Waals surface area contributed by atoms with E-state index in [0.29, 0.717) is 0 Å². The molecule has 66 valence electrons. The average Bonchev–Trinajstić information content (AvgIpc) is 1.92. The van der Waals surface area contributed by atoms with Crippen molar-refractivity contribution >= 4 is 44.3 Å². The third-order valence-corrected chi connectivity index (χ3v) is 4.37. The van der Waals surface area contributed by atoms with E-state index in [1.807, 2.05) is 32.0 Å². The Morgan fingerprint density at radius 2 is 1.83 bits per heavy atom. The van der Waals surface area contributed by atoms with E-state index in [2.05, 4.69) is 0 Å². The zero-order valence-corrected chi connectivity index (χ0v) is 10.1. The molecular formula is C8H9Cl2PS. The van der Waals surface area contributed by atoms with E-state index < -0.39 is 4.74 Å². The number of aryl methyl sites for hydroxylation is 2. The van der Waals surface area contributed by atoms with Gasteiger partial charge in [0.2, 0.25) is 0 Å². The Labute approximate surface area is 87.5 Å². The Morgan fingerprint density at radius 1 is 1.25 bits per heavy atom. The highest BCUT2D eigenvalue weighted by atomic mass is 35.9. The van der Waals surface area contributed by atoms with Crippen LogP contribution < -0.4 is 5.30 Å². The first-order chi connectivity index (χ1) is 5.41. The van der Waals surface area contributed by atoms with Crippen molar-refractivity contribution in [1.29, 1.82) is 0 Å². The van der Waals surface area contributed by atoms with Gasteiger partial charge in [-0.2, -0.15) is 0 Å². The van der Waals surface area contributed by atoms with Gasteiger partial charge in [0.25, 0.3) is 0 Å². The second-order valence-corrected chi connectivity index (χ2v) is 10.6. The van der Waals surface area contributed by atoms with Crippen LogP contribution in [0.1, 0.15) is 11.1 Å². The second-order valence-electron chi connectivity index (χ2n) is 2.75. The zero-order valence-electron chi connectivity index (χ0n) is 6.84. The molecule has 0 saturated heterocycles. The summed E-state index contributed by atoms with van der Waals surface area (Å²) >= 11 is 16.9. The highest BCUT2D eigenvalue weighted by Crippen LogP contribution is 2.56. The van der Waals surface area contributed by atoms with Crippen molar-refractivity contribution in [2.24, 2.45) is 0 Å². The maximum atomic E-state index is 5.93. The fourth-order valence-corrected chi connectivity index (χ4v) is 3.52. The molecule has 0 atom stereocenters. The number of hydrogen-bond acceptors (Lipinski definition) is 1. The molecule has 1 aromatic rings. The van der Waals surface area contributed by atoms with Gasteiger partial charge in [-0.3, -0.25) is 0 Å². The van der Waals surface area contributed by atoms with Gasteiger partial charge in [0.15, 0.2) is 0 Å².